The van der Waals surface area contributed by atoms with Crippen LogP contribution in [0.5, 0.6) is 0 Å². The maximum absolute atomic E-state index is 11.7. The molecule has 0 amide bonds. The summed E-state index contributed by atoms with van der Waals surface area (Å²) < 4.78 is 24.5. The van der Waals surface area contributed by atoms with Gasteiger partial charge in [0.2, 0.25) is 0 Å². The molecule has 1 atom stereocenters. The van der Waals surface area contributed by atoms with Crippen LogP contribution in [0, 0.1) is 0 Å². The van der Waals surface area contributed by atoms with E-state index in [9.17, 15) is 8.42 Å². The molecular weight excluding hydrogens is 226 g/mol. The summed E-state index contributed by atoms with van der Waals surface area (Å²) in [6, 6.07) is 3.16. The molecule has 0 aromatic carbocycles. The number of hydrogen-bond donors (Lipinski definition) is 1. The van der Waals surface area contributed by atoms with Crippen LogP contribution < -0.4 is 0 Å². The van der Waals surface area contributed by atoms with E-state index in [-0.39, 0.29) is 17.4 Å². The average Bonchev–Trinajstić information content (AvgIpc) is 2.72. The smallest absolute Gasteiger partial charge is 0.274 e. The number of aliphatic hydroxyl groups excluding tert-OH is 1. The maximum Gasteiger partial charge on any atom is 0.274 e. The normalized spacial score (nSPS) is 24.2. The zero-order chi connectivity index (χ0) is 10.2. The van der Waals surface area contributed by atoms with Crippen LogP contribution >= 0.6 is 11.3 Å². The summed E-state index contributed by atoms with van der Waals surface area (Å²) in [6.45, 7) is 0.0326. The molecule has 1 unspecified atom stereocenters. The van der Waals surface area contributed by atoms with Crippen LogP contribution in [0.25, 0.3) is 0 Å². The summed E-state index contributed by atoms with van der Waals surface area (Å²) in [7, 11) is -3.56. The van der Waals surface area contributed by atoms with Crippen LogP contribution in [0.4, 0.5) is 0 Å². The van der Waals surface area contributed by atoms with Gasteiger partial charge < -0.3 is 5.11 Å². The van der Waals surface area contributed by atoms with E-state index in [4.69, 9.17) is 9.94 Å². The van der Waals surface area contributed by atoms with Gasteiger partial charge in [0.05, 0.1) is 19.3 Å². The number of sulfonamides is 1. The molecule has 0 bridgehead atoms. The minimum atomic E-state index is -3.56. The van der Waals surface area contributed by atoms with Gasteiger partial charge in [-0.15, -0.1) is 11.3 Å². The van der Waals surface area contributed by atoms with Gasteiger partial charge in [0.1, 0.15) is 4.21 Å². The fourth-order valence-electron chi connectivity index (χ4n) is 1.12. The molecule has 5 nitrogen and oxygen atoms in total. The Labute approximate surface area is 85.5 Å². The first kappa shape index (κ1) is 10.1. The lowest BCUT2D eigenvalue weighted by atomic mass is 10.4. The largest absolute Gasteiger partial charge is 0.389 e. The molecule has 0 aliphatic carbocycles. The molecule has 0 spiro atoms. The molecule has 0 radical (unpaired) electrons. The predicted octanol–water partition coefficient (Wildman–Crippen LogP) is 0.0449. The summed E-state index contributed by atoms with van der Waals surface area (Å²) in [5, 5.41) is 10.8. The van der Waals surface area contributed by atoms with Crippen molar-refractivity contribution < 1.29 is 18.4 Å². The highest BCUT2D eigenvalue weighted by Gasteiger charge is 2.33. The standard InChI is InChI=1S/C7H9NO4S2/c9-6-4-8(12-5-6)14(10,11)7-2-1-3-13-7/h1-3,6,9H,4-5H2. The Morgan fingerprint density at radius 3 is 2.93 bits per heavy atom. The van der Waals surface area contributed by atoms with Gasteiger partial charge in [-0.25, -0.2) is 8.42 Å². The van der Waals surface area contributed by atoms with Crippen molar-refractivity contribution in [3.63, 3.8) is 0 Å². The van der Waals surface area contributed by atoms with E-state index >= 15 is 0 Å². The van der Waals surface area contributed by atoms with Gasteiger partial charge in [-0.3, -0.25) is 4.84 Å². The third-order valence-electron chi connectivity index (χ3n) is 1.79. The third-order valence-corrected chi connectivity index (χ3v) is 4.81. The highest BCUT2D eigenvalue weighted by Crippen LogP contribution is 2.23. The molecule has 1 aromatic rings. The second-order valence-electron chi connectivity index (χ2n) is 2.87. The van der Waals surface area contributed by atoms with Crippen LogP contribution in [-0.4, -0.2) is 37.2 Å². The number of aliphatic hydroxyl groups is 1. The lowest BCUT2D eigenvalue weighted by Gasteiger charge is -2.11. The number of rotatable bonds is 2. The monoisotopic (exact) mass is 235 g/mol. The van der Waals surface area contributed by atoms with Crippen molar-refractivity contribution in [2.45, 2.75) is 10.3 Å². The molecule has 7 heteroatoms. The van der Waals surface area contributed by atoms with Crippen LogP contribution in [-0.2, 0) is 14.9 Å². The number of hydrogen-bond acceptors (Lipinski definition) is 5. The fraction of sp³-hybridized carbons (Fsp3) is 0.429. The van der Waals surface area contributed by atoms with Gasteiger partial charge in [0, 0.05) is 0 Å². The third kappa shape index (κ3) is 1.69. The van der Waals surface area contributed by atoms with Crippen molar-refractivity contribution in [3.8, 4) is 0 Å². The maximum atomic E-state index is 11.7. The molecule has 1 N–H and O–H groups in total. The topological polar surface area (TPSA) is 66.8 Å². The van der Waals surface area contributed by atoms with Crippen LogP contribution in [0.3, 0.4) is 0 Å². The van der Waals surface area contributed by atoms with Gasteiger partial charge in [0.25, 0.3) is 10.0 Å². The molecule has 1 saturated heterocycles. The van der Waals surface area contributed by atoms with E-state index < -0.39 is 16.1 Å². The first-order valence-electron chi connectivity index (χ1n) is 3.98. The predicted molar refractivity (Wildman–Crippen MR) is 50.2 cm³/mol. The van der Waals surface area contributed by atoms with E-state index in [0.717, 1.165) is 15.8 Å². The Hall–Kier alpha value is -0.470. The van der Waals surface area contributed by atoms with Gasteiger partial charge in [0.15, 0.2) is 0 Å². The molecular formula is C7H9NO4S2. The molecule has 14 heavy (non-hydrogen) atoms. The molecule has 1 aliphatic heterocycles. The van der Waals surface area contributed by atoms with Crippen LogP contribution in [0.15, 0.2) is 21.7 Å². The molecule has 0 saturated carbocycles. The quantitative estimate of drug-likeness (QED) is 0.786. The van der Waals surface area contributed by atoms with Crippen molar-refractivity contribution >= 4 is 21.4 Å². The Bertz CT molecular complexity index is 399. The van der Waals surface area contributed by atoms with E-state index in [1.54, 1.807) is 11.4 Å². The average molecular weight is 235 g/mol. The van der Waals surface area contributed by atoms with Gasteiger partial charge >= 0.3 is 0 Å². The number of hydroxylamine groups is 1. The highest BCUT2D eigenvalue weighted by molar-refractivity contribution is 7.91. The van der Waals surface area contributed by atoms with Crippen molar-refractivity contribution in [2.75, 3.05) is 13.2 Å². The fourth-order valence-corrected chi connectivity index (χ4v) is 3.49. The lowest BCUT2D eigenvalue weighted by molar-refractivity contribution is -0.0314. The molecule has 1 aliphatic rings. The van der Waals surface area contributed by atoms with Crippen molar-refractivity contribution in [1.29, 1.82) is 0 Å². The van der Waals surface area contributed by atoms with Gasteiger partial charge in [-0.05, 0) is 11.4 Å². The van der Waals surface area contributed by atoms with E-state index in [0.29, 0.717) is 0 Å². The Morgan fingerprint density at radius 2 is 2.43 bits per heavy atom. The SMILES string of the molecule is O=S(=O)(c1cccs1)N1CC(O)CO1. The van der Waals surface area contributed by atoms with Crippen LogP contribution in [0.1, 0.15) is 0 Å². The Kier molecular flexibility index (Phi) is 2.58. The molecule has 78 valence electrons. The molecule has 1 aromatic heterocycles. The molecule has 2 rings (SSSR count). The summed E-state index contributed by atoms with van der Waals surface area (Å²) in [5.41, 5.74) is 0. The van der Waals surface area contributed by atoms with Crippen molar-refractivity contribution in [2.24, 2.45) is 0 Å². The first-order chi connectivity index (χ1) is 6.60. The van der Waals surface area contributed by atoms with Gasteiger partial charge in [-0.2, -0.15) is 0 Å². The van der Waals surface area contributed by atoms with E-state index in [2.05, 4.69) is 0 Å². The highest BCUT2D eigenvalue weighted by atomic mass is 32.2. The Balaban J connectivity index is 2.26. The lowest BCUT2D eigenvalue weighted by Crippen LogP contribution is -2.28. The number of nitrogens with zero attached hydrogens (tertiary/aromatic N) is 1. The summed E-state index contributed by atoms with van der Waals surface area (Å²) in [4.78, 5) is 4.86. The van der Waals surface area contributed by atoms with Gasteiger partial charge in [-0.1, -0.05) is 10.5 Å². The van der Waals surface area contributed by atoms with Crippen LogP contribution in [0.2, 0.25) is 0 Å². The molecule has 2 heterocycles. The van der Waals surface area contributed by atoms with Crippen molar-refractivity contribution in [3.05, 3.63) is 17.5 Å². The first-order valence-corrected chi connectivity index (χ1v) is 6.30. The summed E-state index contributed by atoms with van der Waals surface area (Å²) >= 11 is 1.13. The minimum absolute atomic E-state index is 0.000231. The zero-order valence-corrected chi connectivity index (χ0v) is 8.79. The second kappa shape index (κ2) is 3.59. The van der Waals surface area contributed by atoms with Crippen molar-refractivity contribution in [1.82, 2.24) is 4.47 Å². The second-order valence-corrected chi connectivity index (χ2v) is 5.88. The summed E-state index contributed by atoms with van der Waals surface area (Å²) in [6.07, 6.45) is -0.732. The molecule has 1 fully saturated rings. The van der Waals surface area contributed by atoms with E-state index in [1.165, 1.54) is 6.07 Å². The number of β-amino-alcohol motifs (C(OH)–C–C–N with tert-alkyl or cyclic N) is 1. The zero-order valence-electron chi connectivity index (χ0n) is 7.16. The Morgan fingerprint density at radius 1 is 1.64 bits per heavy atom. The number of thiophene rings is 1. The minimum Gasteiger partial charge on any atom is -0.389 e. The summed E-state index contributed by atoms with van der Waals surface area (Å²) in [5.74, 6) is 0. The van der Waals surface area contributed by atoms with E-state index in [1.807, 2.05) is 0 Å².